The third-order valence-corrected chi connectivity index (χ3v) is 3.82. The highest BCUT2D eigenvalue weighted by molar-refractivity contribution is 6.31. The minimum atomic E-state index is -0.201. The fourth-order valence-corrected chi connectivity index (χ4v) is 2.67. The van der Waals surface area contributed by atoms with E-state index in [4.69, 9.17) is 11.6 Å². The molecule has 0 bridgehead atoms. The maximum atomic E-state index is 12.4. The Kier molecular flexibility index (Phi) is 2.75. The Labute approximate surface area is 125 Å². The van der Waals surface area contributed by atoms with Crippen molar-refractivity contribution in [2.45, 2.75) is 18.9 Å². The number of amides is 1. The summed E-state index contributed by atoms with van der Waals surface area (Å²) in [7, 11) is 0. The molecule has 0 atom stereocenters. The number of hydrogen-bond acceptors (Lipinski definition) is 2. The van der Waals surface area contributed by atoms with E-state index in [1.807, 2.05) is 35.0 Å². The molecule has 2 heterocycles. The average molecular weight is 301 g/mol. The van der Waals surface area contributed by atoms with Crippen molar-refractivity contribution in [3.8, 4) is 0 Å². The first kappa shape index (κ1) is 12.5. The molecule has 21 heavy (non-hydrogen) atoms. The van der Waals surface area contributed by atoms with Crippen molar-refractivity contribution in [1.29, 1.82) is 0 Å². The number of imidazole rings is 1. The van der Waals surface area contributed by atoms with E-state index >= 15 is 0 Å². The molecule has 0 aliphatic heterocycles. The second-order valence-corrected chi connectivity index (χ2v) is 5.68. The molecule has 2 aromatic heterocycles. The normalized spacial score (nSPS) is 14.5. The number of halogens is 1. The second kappa shape index (κ2) is 4.63. The summed E-state index contributed by atoms with van der Waals surface area (Å²) < 4.78 is 1.94. The summed E-state index contributed by atoms with van der Waals surface area (Å²) in [6.07, 6.45) is 4.00. The van der Waals surface area contributed by atoms with E-state index < -0.39 is 0 Å². The molecule has 0 unspecified atom stereocenters. The number of rotatable bonds is 3. The van der Waals surface area contributed by atoms with Crippen molar-refractivity contribution in [3.63, 3.8) is 0 Å². The SMILES string of the molecule is O=C(Nc1nc2ccccc2[nH]1)c1cc(Cl)cn1C1CC1. The Morgan fingerprint density at radius 3 is 2.95 bits per heavy atom. The molecule has 1 aromatic carbocycles. The van der Waals surface area contributed by atoms with E-state index in [2.05, 4.69) is 15.3 Å². The number of fused-ring (bicyclic) bond motifs is 1. The molecular formula is C15H13ClN4O. The lowest BCUT2D eigenvalue weighted by molar-refractivity contribution is 0.101. The van der Waals surface area contributed by atoms with E-state index in [1.165, 1.54) is 0 Å². The lowest BCUT2D eigenvalue weighted by Crippen LogP contribution is -2.17. The first-order valence-electron chi connectivity index (χ1n) is 6.84. The number of benzene rings is 1. The molecule has 1 saturated carbocycles. The maximum Gasteiger partial charge on any atom is 0.274 e. The molecule has 1 aliphatic carbocycles. The molecule has 2 N–H and O–H groups in total. The molecule has 4 rings (SSSR count). The van der Waals surface area contributed by atoms with Gasteiger partial charge in [0.15, 0.2) is 0 Å². The number of para-hydroxylation sites is 2. The van der Waals surface area contributed by atoms with Gasteiger partial charge in [0.2, 0.25) is 5.95 Å². The lowest BCUT2D eigenvalue weighted by Gasteiger charge is -2.06. The summed E-state index contributed by atoms with van der Waals surface area (Å²) >= 11 is 6.02. The molecule has 5 nitrogen and oxygen atoms in total. The molecule has 6 heteroatoms. The van der Waals surface area contributed by atoms with Gasteiger partial charge in [-0.1, -0.05) is 23.7 Å². The van der Waals surface area contributed by atoms with Gasteiger partial charge in [0, 0.05) is 12.2 Å². The van der Waals surface area contributed by atoms with Crippen LogP contribution in [0.1, 0.15) is 29.4 Å². The number of aromatic nitrogens is 3. The van der Waals surface area contributed by atoms with Gasteiger partial charge >= 0.3 is 0 Å². The Bertz CT molecular complexity index is 798. The molecule has 3 aromatic rings. The van der Waals surface area contributed by atoms with Crippen LogP contribution < -0.4 is 5.32 Å². The Morgan fingerprint density at radius 2 is 2.19 bits per heavy atom. The smallest absolute Gasteiger partial charge is 0.274 e. The van der Waals surface area contributed by atoms with Gasteiger partial charge in [-0.2, -0.15) is 0 Å². The van der Waals surface area contributed by atoms with Crippen molar-refractivity contribution in [2.24, 2.45) is 0 Å². The fourth-order valence-electron chi connectivity index (χ4n) is 2.47. The summed E-state index contributed by atoms with van der Waals surface area (Å²) in [5.41, 5.74) is 2.29. The zero-order chi connectivity index (χ0) is 14.4. The number of carbonyl (C=O) groups is 1. The number of carbonyl (C=O) groups excluding carboxylic acids is 1. The first-order valence-corrected chi connectivity index (χ1v) is 7.22. The highest BCUT2D eigenvalue weighted by Gasteiger charge is 2.28. The van der Waals surface area contributed by atoms with Gasteiger partial charge in [-0.25, -0.2) is 4.98 Å². The summed E-state index contributed by atoms with van der Waals surface area (Å²) in [6.45, 7) is 0. The Hall–Kier alpha value is -2.27. The number of anilines is 1. The predicted octanol–water partition coefficient (Wildman–Crippen LogP) is 3.61. The van der Waals surface area contributed by atoms with Crippen LogP contribution >= 0.6 is 11.6 Å². The van der Waals surface area contributed by atoms with Crippen LogP contribution in [0.2, 0.25) is 5.02 Å². The van der Waals surface area contributed by atoms with Crippen molar-refractivity contribution in [1.82, 2.24) is 14.5 Å². The van der Waals surface area contributed by atoms with E-state index in [9.17, 15) is 4.79 Å². The van der Waals surface area contributed by atoms with Crippen LogP contribution in [0.5, 0.6) is 0 Å². The van der Waals surface area contributed by atoms with Gasteiger partial charge in [-0.05, 0) is 31.0 Å². The van der Waals surface area contributed by atoms with E-state index in [-0.39, 0.29) is 5.91 Å². The minimum absolute atomic E-state index is 0.201. The van der Waals surface area contributed by atoms with Crippen LogP contribution in [-0.4, -0.2) is 20.4 Å². The zero-order valence-corrected chi connectivity index (χ0v) is 11.9. The summed E-state index contributed by atoms with van der Waals surface area (Å²) in [4.78, 5) is 19.8. The van der Waals surface area contributed by atoms with Crippen LogP contribution in [0.3, 0.4) is 0 Å². The highest BCUT2D eigenvalue weighted by Crippen LogP contribution is 2.37. The second-order valence-electron chi connectivity index (χ2n) is 5.24. The van der Waals surface area contributed by atoms with Crippen molar-refractivity contribution >= 4 is 34.5 Å². The van der Waals surface area contributed by atoms with E-state index in [0.29, 0.717) is 22.7 Å². The van der Waals surface area contributed by atoms with Crippen LogP contribution in [0, 0.1) is 0 Å². The van der Waals surface area contributed by atoms with Gasteiger partial charge in [0.25, 0.3) is 5.91 Å². The lowest BCUT2D eigenvalue weighted by atomic mass is 10.3. The fraction of sp³-hybridized carbons (Fsp3) is 0.200. The topological polar surface area (TPSA) is 62.7 Å². The summed E-state index contributed by atoms with van der Waals surface area (Å²) in [5, 5.41) is 3.38. The third-order valence-electron chi connectivity index (χ3n) is 3.61. The first-order chi connectivity index (χ1) is 10.2. The Balaban J connectivity index is 1.63. The standard InChI is InChI=1S/C15H13ClN4O/c16-9-7-13(20(8-9)10-5-6-10)14(21)19-15-17-11-3-1-2-4-12(11)18-15/h1-4,7-8,10H,5-6H2,(H2,17,18,19,21). The van der Waals surface area contributed by atoms with Crippen LogP contribution in [0.15, 0.2) is 36.5 Å². The number of aromatic amines is 1. The monoisotopic (exact) mass is 300 g/mol. The minimum Gasteiger partial charge on any atom is -0.339 e. The van der Waals surface area contributed by atoms with E-state index in [0.717, 1.165) is 23.9 Å². The van der Waals surface area contributed by atoms with E-state index in [1.54, 1.807) is 6.07 Å². The van der Waals surface area contributed by atoms with Crippen LogP contribution in [0.25, 0.3) is 11.0 Å². The zero-order valence-electron chi connectivity index (χ0n) is 11.1. The van der Waals surface area contributed by atoms with Gasteiger partial charge < -0.3 is 9.55 Å². The summed E-state index contributed by atoms with van der Waals surface area (Å²) in [6, 6.07) is 9.73. The molecule has 1 aliphatic rings. The molecule has 0 saturated heterocycles. The number of nitrogens with zero attached hydrogens (tertiary/aromatic N) is 2. The Morgan fingerprint density at radius 1 is 1.38 bits per heavy atom. The van der Waals surface area contributed by atoms with Crippen molar-refractivity contribution in [3.05, 3.63) is 47.2 Å². The molecule has 1 fully saturated rings. The summed E-state index contributed by atoms with van der Waals surface area (Å²) in [5.74, 6) is 0.244. The van der Waals surface area contributed by atoms with Gasteiger partial charge in [-0.15, -0.1) is 0 Å². The maximum absolute atomic E-state index is 12.4. The molecule has 0 radical (unpaired) electrons. The van der Waals surface area contributed by atoms with Crippen molar-refractivity contribution < 1.29 is 4.79 Å². The van der Waals surface area contributed by atoms with Crippen LogP contribution in [0.4, 0.5) is 5.95 Å². The highest BCUT2D eigenvalue weighted by atomic mass is 35.5. The average Bonchev–Trinajstić information content (AvgIpc) is 3.11. The van der Waals surface area contributed by atoms with Gasteiger partial charge in [0.1, 0.15) is 5.69 Å². The number of nitrogens with one attached hydrogen (secondary N) is 2. The van der Waals surface area contributed by atoms with Crippen molar-refractivity contribution in [2.75, 3.05) is 5.32 Å². The van der Waals surface area contributed by atoms with Crippen LogP contribution in [-0.2, 0) is 0 Å². The van der Waals surface area contributed by atoms with Gasteiger partial charge in [-0.3, -0.25) is 10.1 Å². The van der Waals surface area contributed by atoms with Gasteiger partial charge in [0.05, 0.1) is 16.1 Å². The molecule has 1 amide bonds. The molecule has 106 valence electrons. The molecule has 0 spiro atoms. The quantitative estimate of drug-likeness (QED) is 0.776. The number of H-pyrrole nitrogens is 1. The molecular weight excluding hydrogens is 288 g/mol. The predicted molar refractivity (Wildman–Crippen MR) is 81.8 cm³/mol. The largest absolute Gasteiger partial charge is 0.339 e. The third kappa shape index (κ3) is 2.29. The number of hydrogen-bond donors (Lipinski definition) is 2.